The van der Waals surface area contributed by atoms with Crippen LogP contribution in [-0.4, -0.2) is 18.0 Å². The Morgan fingerprint density at radius 3 is 2.25 bits per heavy atom. The number of hydrogen-bond donors (Lipinski definition) is 0. The number of ether oxygens (including phenoxy) is 1. The van der Waals surface area contributed by atoms with Gasteiger partial charge in [0.25, 0.3) is 0 Å². The van der Waals surface area contributed by atoms with Gasteiger partial charge < -0.3 is 4.74 Å². The zero-order valence-electron chi connectivity index (χ0n) is 11.6. The molecule has 1 aliphatic heterocycles. The second-order valence-corrected chi connectivity index (χ2v) is 6.01. The second kappa shape index (κ2) is 4.95. The summed E-state index contributed by atoms with van der Waals surface area (Å²) in [7, 11) is 0. The summed E-state index contributed by atoms with van der Waals surface area (Å²) < 4.78 is 5.76. The predicted octanol–water partition coefficient (Wildman–Crippen LogP) is 4.56. The van der Waals surface area contributed by atoms with Gasteiger partial charge in [0.2, 0.25) is 5.90 Å². The summed E-state index contributed by atoms with van der Waals surface area (Å²) in [6, 6.07) is 16.0. The van der Waals surface area contributed by atoms with Crippen molar-refractivity contribution in [1.82, 2.24) is 0 Å². The van der Waals surface area contributed by atoms with Crippen LogP contribution in [0.15, 0.2) is 53.5 Å². The van der Waals surface area contributed by atoms with Gasteiger partial charge in [0.05, 0.1) is 5.54 Å². The Bertz CT molecular complexity index is 659. The first-order valence-electron chi connectivity index (χ1n) is 6.63. The lowest BCUT2D eigenvalue weighted by Gasteiger charge is -2.09. The number of aliphatic imine (C=N–C) groups is 1. The van der Waals surface area contributed by atoms with E-state index in [1.54, 1.807) is 0 Å². The van der Waals surface area contributed by atoms with Crippen molar-refractivity contribution in [2.75, 3.05) is 6.61 Å². The molecule has 0 amide bonds. The summed E-state index contributed by atoms with van der Waals surface area (Å²) in [5.41, 5.74) is 3.10. The van der Waals surface area contributed by atoms with Gasteiger partial charge in [-0.05, 0) is 43.2 Å². The highest BCUT2D eigenvalue weighted by molar-refractivity contribution is 6.30. The van der Waals surface area contributed by atoms with E-state index in [2.05, 4.69) is 24.9 Å². The molecule has 2 nitrogen and oxygen atoms in total. The highest BCUT2D eigenvalue weighted by Crippen LogP contribution is 2.29. The van der Waals surface area contributed by atoms with Crippen LogP contribution in [0.5, 0.6) is 0 Å². The monoisotopic (exact) mass is 285 g/mol. The third-order valence-corrected chi connectivity index (χ3v) is 3.53. The molecule has 2 aromatic carbocycles. The SMILES string of the molecule is CC1(C)COC(c2ccccc2-c2ccc(Cl)cc2)=N1. The first-order valence-corrected chi connectivity index (χ1v) is 7.01. The van der Waals surface area contributed by atoms with Gasteiger partial charge in [-0.25, -0.2) is 4.99 Å². The van der Waals surface area contributed by atoms with Crippen LogP contribution in [0.25, 0.3) is 11.1 Å². The van der Waals surface area contributed by atoms with E-state index in [1.165, 1.54) is 0 Å². The summed E-state index contributed by atoms with van der Waals surface area (Å²) in [4.78, 5) is 4.66. The Labute approximate surface area is 124 Å². The number of halogens is 1. The Morgan fingerprint density at radius 2 is 1.65 bits per heavy atom. The molecule has 0 unspecified atom stereocenters. The average molecular weight is 286 g/mol. The molecule has 0 saturated carbocycles. The molecule has 0 atom stereocenters. The molecular weight excluding hydrogens is 270 g/mol. The molecule has 0 spiro atoms. The van der Waals surface area contributed by atoms with Gasteiger partial charge in [-0.2, -0.15) is 0 Å². The molecule has 0 aromatic heterocycles. The van der Waals surface area contributed by atoms with Crippen LogP contribution in [0.1, 0.15) is 19.4 Å². The average Bonchev–Trinajstić information content (AvgIpc) is 2.80. The minimum absolute atomic E-state index is 0.150. The Balaban J connectivity index is 2.08. The topological polar surface area (TPSA) is 21.6 Å². The first-order chi connectivity index (χ1) is 9.55. The van der Waals surface area contributed by atoms with Gasteiger partial charge in [-0.1, -0.05) is 41.9 Å². The van der Waals surface area contributed by atoms with Gasteiger partial charge in [-0.3, -0.25) is 0 Å². The van der Waals surface area contributed by atoms with Crippen LogP contribution in [-0.2, 0) is 4.74 Å². The molecule has 0 fully saturated rings. The third-order valence-electron chi connectivity index (χ3n) is 3.28. The van der Waals surface area contributed by atoms with Gasteiger partial charge in [-0.15, -0.1) is 0 Å². The number of nitrogens with zero attached hydrogens (tertiary/aromatic N) is 1. The van der Waals surface area contributed by atoms with E-state index in [0.29, 0.717) is 6.61 Å². The maximum Gasteiger partial charge on any atom is 0.217 e. The molecule has 0 aliphatic carbocycles. The third kappa shape index (κ3) is 2.56. The van der Waals surface area contributed by atoms with Gasteiger partial charge in [0.1, 0.15) is 6.61 Å². The van der Waals surface area contributed by atoms with E-state index in [9.17, 15) is 0 Å². The second-order valence-electron chi connectivity index (χ2n) is 5.57. The van der Waals surface area contributed by atoms with Crippen molar-refractivity contribution in [3.05, 3.63) is 59.1 Å². The number of benzene rings is 2. The summed E-state index contributed by atoms with van der Waals surface area (Å²) in [5, 5.41) is 0.738. The normalized spacial score (nSPS) is 16.6. The molecule has 0 saturated heterocycles. The van der Waals surface area contributed by atoms with Crippen LogP contribution in [0, 0.1) is 0 Å². The first kappa shape index (κ1) is 13.2. The Kier molecular flexibility index (Phi) is 3.27. The van der Waals surface area contributed by atoms with Crippen LogP contribution in [0.2, 0.25) is 5.02 Å². The van der Waals surface area contributed by atoms with Gasteiger partial charge in [0, 0.05) is 10.6 Å². The van der Waals surface area contributed by atoms with Crippen molar-refractivity contribution in [2.24, 2.45) is 4.99 Å². The fourth-order valence-electron chi connectivity index (χ4n) is 2.27. The van der Waals surface area contributed by atoms with Gasteiger partial charge >= 0.3 is 0 Å². The quantitative estimate of drug-likeness (QED) is 0.792. The van der Waals surface area contributed by atoms with Crippen LogP contribution in [0.3, 0.4) is 0 Å². The molecular formula is C17H16ClNO. The molecule has 102 valence electrons. The number of hydrogen-bond acceptors (Lipinski definition) is 2. The molecule has 3 rings (SSSR count). The molecule has 0 N–H and O–H groups in total. The standard InChI is InChI=1S/C17H16ClNO/c1-17(2)11-20-16(19-17)15-6-4-3-5-14(15)12-7-9-13(18)10-8-12/h3-10H,11H2,1-2H3. The van der Waals surface area contributed by atoms with E-state index in [4.69, 9.17) is 16.3 Å². The predicted molar refractivity (Wildman–Crippen MR) is 83.5 cm³/mol. The van der Waals surface area contributed by atoms with Crippen LogP contribution < -0.4 is 0 Å². The van der Waals surface area contributed by atoms with Crippen molar-refractivity contribution in [3.63, 3.8) is 0 Å². The molecule has 1 aliphatic rings. The molecule has 0 radical (unpaired) electrons. The van der Waals surface area contributed by atoms with Crippen LogP contribution in [0.4, 0.5) is 0 Å². The molecule has 1 heterocycles. The fraction of sp³-hybridized carbons (Fsp3) is 0.235. The summed E-state index contributed by atoms with van der Waals surface area (Å²) in [6.07, 6.45) is 0. The van der Waals surface area contributed by atoms with Crippen molar-refractivity contribution in [3.8, 4) is 11.1 Å². The van der Waals surface area contributed by atoms with E-state index in [1.807, 2.05) is 42.5 Å². The largest absolute Gasteiger partial charge is 0.475 e. The van der Waals surface area contributed by atoms with Gasteiger partial charge in [0.15, 0.2) is 0 Å². The highest BCUT2D eigenvalue weighted by atomic mass is 35.5. The zero-order valence-corrected chi connectivity index (χ0v) is 12.3. The molecule has 2 aromatic rings. The maximum atomic E-state index is 5.96. The minimum Gasteiger partial charge on any atom is -0.475 e. The molecule has 20 heavy (non-hydrogen) atoms. The molecule has 0 bridgehead atoms. The van der Waals surface area contributed by atoms with E-state index >= 15 is 0 Å². The van der Waals surface area contributed by atoms with Crippen molar-refractivity contribution in [1.29, 1.82) is 0 Å². The Morgan fingerprint density at radius 1 is 1.00 bits per heavy atom. The van der Waals surface area contributed by atoms with Crippen molar-refractivity contribution < 1.29 is 4.74 Å². The summed E-state index contributed by atoms with van der Waals surface area (Å²) >= 11 is 5.96. The Hall–Kier alpha value is -1.80. The zero-order chi connectivity index (χ0) is 14.2. The molecule has 3 heteroatoms. The summed E-state index contributed by atoms with van der Waals surface area (Å²) in [6.45, 7) is 4.77. The van der Waals surface area contributed by atoms with Crippen molar-refractivity contribution >= 4 is 17.5 Å². The minimum atomic E-state index is -0.150. The lowest BCUT2D eigenvalue weighted by atomic mass is 9.99. The fourth-order valence-corrected chi connectivity index (χ4v) is 2.40. The van der Waals surface area contributed by atoms with E-state index in [0.717, 1.165) is 27.6 Å². The van der Waals surface area contributed by atoms with E-state index in [-0.39, 0.29) is 5.54 Å². The highest BCUT2D eigenvalue weighted by Gasteiger charge is 2.28. The van der Waals surface area contributed by atoms with E-state index < -0.39 is 0 Å². The maximum absolute atomic E-state index is 5.96. The van der Waals surface area contributed by atoms with Crippen LogP contribution >= 0.6 is 11.6 Å². The smallest absolute Gasteiger partial charge is 0.217 e. The lowest BCUT2D eigenvalue weighted by Crippen LogP contribution is -2.17. The lowest BCUT2D eigenvalue weighted by molar-refractivity contribution is 0.279. The van der Waals surface area contributed by atoms with Crippen molar-refractivity contribution in [2.45, 2.75) is 19.4 Å². The summed E-state index contributed by atoms with van der Waals surface area (Å²) in [5.74, 6) is 0.723. The number of rotatable bonds is 2.